The molecular formula is C19H14FN3O3S. The molecule has 6 nitrogen and oxygen atoms in total. The fraction of sp³-hybridized carbons (Fsp3) is 0.105. The molecule has 136 valence electrons. The number of amides is 2. The molecule has 1 N–H and O–H groups in total. The summed E-state index contributed by atoms with van der Waals surface area (Å²) in [7, 11) is 1.69. The van der Waals surface area contributed by atoms with Gasteiger partial charge in [-0.25, -0.2) is 9.37 Å². The minimum Gasteiger partial charge on any atom is -0.482 e. The number of benzene rings is 2. The number of likely N-dealkylation sites (N-methyl/N-ethyl adjacent to an activating group) is 1. The SMILES string of the molecule is CN1C(=O)COc2ccc(-c3csc(NC(=O)c4ccccc4F)n3)cc21. The first kappa shape index (κ1) is 17.2. The number of rotatable bonds is 3. The molecular weight excluding hydrogens is 369 g/mol. The van der Waals surface area contributed by atoms with Gasteiger partial charge in [0.15, 0.2) is 11.7 Å². The van der Waals surface area contributed by atoms with Crippen LogP contribution in [0.1, 0.15) is 10.4 Å². The molecule has 0 fully saturated rings. The number of anilines is 2. The Bertz CT molecular complexity index is 1050. The summed E-state index contributed by atoms with van der Waals surface area (Å²) in [5.41, 5.74) is 2.04. The van der Waals surface area contributed by atoms with Gasteiger partial charge < -0.3 is 9.64 Å². The molecule has 0 radical (unpaired) electrons. The van der Waals surface area contributed by atoms with E-state index in [2.05, 4.69) is 10.3 Å². The molecule has 0 spiro atoms. The molecule has 0 saturated heterocycles. The predicted molar refractivity (Wildman–Crippen MR) is 101 cm³/mol. The van der Waals surface area contributed by atoms with E-state index in [-0.39, 0.29) is 18.1 Å². The Hall–Kier alpha value is -3.26. The molecule has 0 bridgehead atoms. The van der Waals surface area contributed by atoms with Crippen LogP contribution in [0.4, 0.5) is 15.2 Å². The van der Waals surface area contributed by atoms with Crippen LogP contribution in [-0.2, 0) is 4.79 Å². The normalized spacial score (nSPS) is 13.1. The number of nitrogens with one attached hydrogen (secondary N) is 1. The van der Waals surface area contributed by atoms with Crippen LogP contribution in [0.2, 0.25) is 0 Å². The highest BCUT2D eigenvalue weighted by atomic mass is 32.1. The second kappa shape index (κ2) is 6.81. The number of carbonyl (C=O) groups excluding carboxylic acids is 2. The fourth-order valence-electron chi connectivity index (χ4n) is 2.71. The summed E-state index contributed by atoms with van der Waals surface area (Å²) < 4.78 is 19.1. The third-order valence-electron chi connectivity index (χ3n) is 4.18. The highest BCUT2D eigenvalue weighted by Gasteiger charge is 2.23. The summed E-state index contributed by atoms with van der Waals surface area (Å²) in [4.78, 5) is 29.9. The summed E-state index contributed by atoms with van der Waals surface area (Å²) in [5, 5.41) is 4.75. The second-order valence-electron chi connectivity index (χ2n) is 5.90. The van der Waals surface area contributed by atoms with Crippen LogP contribution in [0.3, 0.4) is 0 Å². The Morgan fingerprint density at radius 1 is 1.30 bits per heavy atom. The first-order chi connectivity index (χ1) is 13.0. The van der Waals surface area contributed by atoms with Gasteiger partial charge in [-0.3, -0.25) is 14.9 Å². The summed E-state index contributed by atoms with van der Waals surface area (Å²) in [6.45, 7) is 0.0196. The zero-order chi connectivity index (χ0) is 19.0. The number of aromatic nitrogens is 1. The lowest BCUT2D eigenvalue weighted by Gasteiger charge is -2.26. The van der Waals surface area contributed by atoms with Crippen LogP contribution in [0.15, 0.2) is 47.8 Å². The number of nitrogens with zero attached hydrogens (tertiary/aromatic N) is 2. The van der Waals surface area contributed by atoms with Crippen molar-refractivity contribution in [2.24, 2.45) is 0 Å². The molecule has 4 rings (SSSR count). The van der Waals surface area contributed by atoms with Gasteiger partial charge in [-0.05, 0) is 30.3 Å². The highest BCUT2D eigenvalue weighted by molar-refractivity contribution is 7.14. The van der Waals surface area contributed by atoms with Gasteiger partial charge in [0.1, 0.15) is 11.6 Å². The van der Waals surface area contributed by atoms with E-state index in [1.165, 1.54) is 34.4 Å². The maximum absolute atomic E-state index is 13.7. The Morgan fingerprint density at radius 3 is 2.93 bits per heavy atom. The van der Waals surface area contributed by atoms with Crippen molar-refractivity contribution in [1.82, 2.24) is 4.98 Å². The van der Waals surface area contributed by atoms with Gasteiger partial charge in [0.25, 0.3) is 11.8 Å². The van der Waals surface area contributed by atoms with Crippen molar-refractivity contribution in [3.63, 3.8) is 0 Å². The van der Waals surface area contributed by atoms with Crippen molar-refractivity contribution >= 4 is 34.0 Å². The Morgan fingerprint density at radius 2 is 2.11 bits per heavy atom. The van der Waals surface area contributed by atoms with Crippen LogP contribution in [0.5, 0.6) is 5.75 Å². The lowest BCUT2D eigenvalue weighted by atomic mass is 10.1. The van der Waals surface area contributed by atoms with Crippen LogP contribution in [0, 0.1) is 5.82 Å². The first-order valence-corrected chi connectivity index (χ1v) is 8.96. The minimum absolute atomic E-state index is 0.0196. The maximum atomic E-state index is 13.7. The average Bonchev–Trinajstić information content (AvgIpc) is 3.13. The van der Waals surface area contributed by atoms with Crippen molar-refractivity contribution in [3.8, 4) is 17.0 Å². The van der Waals surface area contributed by atoms with Gasteiger partial charge in [0.05, 0.1) is 16.9 Å². The van der Waals surface area contributed by atoms with Crippen LogP contribution in [0.25, 0.3) is 11.3 Å². The molecule has 1 aromatic heterocycles. The zero-order valence-corrected chi connectivity index (χ0v) is 15.0. The summed E-state index contributed by atoms with van der Waals surface area (Å²) in [6.07, 6.45) is 0. The Labute approximate surface area is 158 Å². The lowest BCUT2D eigenvalue weighted by molar-refractivity contribution is -0.120. The monoisotopic (exact) mass is 383 g/mol. The third kappa shape index (κ3) is 3.26. The summed E-state index contributed by atoms with van der Waals surface area (Å²) in [5.74, 6) is -0.646. The molecule has 1 aliphatic heterocycles. The summed E-state index contributed by atoms with van der Waals surface area (Å²) in [6, 6.07) is 11.2. The topological polar surface area (TPSA) is 71.5 Å². The molecule has 27 heavy (non-hydrogen) atoms. The quantitative estimate of drug-likeness (QED) is 0.751. The van der Waals surface area contributed by atoms with E-state index in [0.717, 1.165) is 5.56 Å². The first-order valence-electron chi connectivity index (χ1n) is 8.08. The average molecular weight is 383 g/mol. The Kier molecular flexibility index (Phi) is 4.33. The van der Waals surface area contributed by atoms with Crippen molar-refractivity contribution in [3.05, 3.63) is 59.2 Å². The molecule has 2 heterocycles. The maximum Gasteiger partial charge on any atom is 0.264 e. The van der Waals surface area contributed by atoms with Crippen molar-refractivity contribution < 1.29 is 18.7 Å². The van der Waals surface area contributed by atoms with Crippen molar-refractivity contribution in [1.29, 1.82) is 0 Å². The number of carbonyl (C=O) groups is 2. The lowest BCUT2D eigenvalue weighted by Crippen LogP contribution is -2.35. The number of thiazole rings is 1. The van der Waals surface area contributed by atoms with Crippen LogP contribution in [-0.4, -0.2) is 30.5 Å². The molecule has 1 aliphatic rings. The molecule has 0 aliphatic carbocycles. The standard InChI is InChI=1S/C19H14FN3O3S/c1-23-15-8-11(6-7-16(15)26-9-17(23)24)14-10-27-19(21-14)22-18(25)12-4-2-3-5-13(12)20/h2-8,10H,9H2,1H3,(H,21,22,25). The van der Waals surface area contributed by atoms with E-state index in [4.69, 9.17) is 4.74 Å². The van der Waals surface area contributed by atoms with E-state index in [1.54, 1.807) is 24.6 Å². The van der Waals surface area contributed by atoms with E-state index in [9.17, 15) is 14.0 Å². The fourth-order valence-corrected chi connectivity index (χ4v) is 3.42. The molecule has 2 amide bonds. The number of hydrogen-bond acceptors (Lipinski definition) is 5. The zero-order valence-electron chi connectivity index (χ0n) is 14.2. The van der Waals surface area contributed by atoms with E-state index >= 15 is 0 Å². The molecule has 2 aromatic carbocycles. The molecule has 0 saturated carbocycles. The van der Waals surface area contributed by atoms with E-state index < -0.39 is 11.7 Å². The van der Waals surface area contributed by atoms with Crippen molar-refractivity contribution in [2.75, 3.05) is 23.9 Å². The van der Waals surface area contributed by atoms with Crippen molar-refractivity contribution in [2.45, 2.75) is 0 Å². The molecule has 0 atom stereocenters. The number of hydrogen-bond donors (Lipinski definition) is 1. The number of fused-ring (bicyclic) bond motifs is 1. The van der Waals surface area contributed by atoms with Gasteiger partial charge in [-0.2, -0.15) is 0 Å². The molecule has 8 heteroatoms. The van der Waals surface area contributed by atoms with Gasteiger partial charge in [0, 0.05) is 18.0 Å². The number of halogens is 1. The largest absolute Gasteiger partial charge is 0.482 e. The van der Waals surface area contributed by atoms with Gasteiger partial charge >= 0.3 is 0 Å². The smallest absolute Gasteiger partial charge is 0.264 e. The van der Waals surface area contributed by atoms with E-state index in [1.807, 2.05) is 12.1 Å². The van der Waals surface area contributed by atoms with Gasteiger partial charge in [-0.1, -0.05) is 12.1 Å². The second-order valence-corrected chi connectivity index (χ2v) is 6.75. The minimum atomic E-state index is -0.589. The highest BCUT2D eigenvalue weighted by Crippen LogP contribution is 2.36. The summed E-state index contributed by atoms with van der Waals surface area (Å²) >= 11 is 1.23. The van der Waals surface area contributed by atoms with Gasteiger partial charge in [-0.15, -0.1) is 11.3 Å². The number of ether oxygens (including phenoxy) is 1. The van der Waals surface area contributed by atoms with Crippen LogP contribution < -0.4 is 15.0 Å². The predicted octanol–water partition coefficient (Wildman–Crippen LogP) is 3.56. The Balaban J connectivity index is 1.57. The molecule has 3 aromatic rings. The molecule has 0 unspecified atom stereocenters. The third-order valence-corrected chi connectivity index (χ3v) is 4.94. The van der Waals surface area contributed by atoms with E-state index in [0.29, 0.717) is 22.3 Å². The van der Waals surface area contributed by atoms with Gasteiger partial charge in [0.2, 0.25) is 0 Å². The van der Waals surface area contributed by atoms with Crippen LogP contribution >= 0.6 is 11.3 Å².